The average molecular weight is 390 g/mol. The lowest BCUT2D eigenvalue weighted by Crippen LogP contribution is -2.24. The van der Waals surface area contributed by atoms with E-state index in [4.69, 9.17) is 4.74 Å². The molecule has 3 rings (SSSR count). The Morgan fingerprint density at radius 1 is 1.18 bits per heavy atom. The minimum absolute atomic E-state index is 0.0481. The maximum Gasteiger partial charge on any atom is 0.416 e. The minimum atomic E-state index is -4.53. The first-order chi connectivity index (χ1) is 13.2. The summed E-state index contributed by atoms with van der Waals surface area (Å²) >= 11 is 0. The van der Waals surface area contributed by atoms with Gasteiger partial charge >= 0.3 is 6.18 Å². The lowest BCUT2D eigenvalue weighted by molar-refractivity contribution is -0.137. The number of ether oxygens (including phenoxy) is 1. The third-order valence-electron chi connectivity index (χ3n) is 4.32. The first kappa shape index (κ1) is 19.5. The molecule has 8 heteroatoms. The number of benzene rings is 2. The molecule has 0 radical (unpaired) electrons. The number of anilines is 1. The number of halogens is 3. The molecule has 1 heterocycles. The summed E-state index contributed by atoms with van der Waals surface area (Å²) in [6.45, 7) is 2.34. The van der Waals surface area contributed by atoms with Gasteiger partial charge in [0.1, 0.15) is 11.3 Å². The van der Waals surface area contributed by atoms with Gasteiger partial charge in [-0.3, -0.25) is 9.59 Å². The van der Waals surface area contributed by atoms with E-state index in [1.807, 2.05) is 6.92 Å². The summed E-state index contributed by atoms with van der Waals surface area (Å²) in [5, 5.41) is 2.66. The molecule has 1 amide bonds. The third-order valence-corrected chi connectivity index (χ3v) is 4.32. The van der Waals surface area contributed by atoms with Gasteiger partial charge in [-0.1, -0.05) is 6.07 Å². The van der Waals surface area contributed by atoms with Gasteiger partial charge in [-0.15, -0.1) is 0 Å². The fraction of sp³-hybridized carbons (Fsp3) is 0.200. The molecule has 5 nitrogen and oxygen atoms in total. The number of alkyl halides is 3. The summed E-state index contributed by atoms with van der Waals surface area (Å²) in [5.41, 5.74) is -1.00. The van der Waals surface area contributed by atoms with Crippen molar-refractivity contribution in [1.29, 1.82) is 0 Å². The fourth-order valence-electron chi connectivity index (χ4n) is 2.90. The molecule has 1 N–H and O–H groups in total. The van der Waals surface area contributed by atoms with Crippen LogP contribution in [0.15, 0.2) is 53.5 Å². The third kappa shape index (κ3) is 3.71. The smallest absolute Gasteiger partial charge is 0.416 e. The maximum atomic E-state index is 12.9. The van der Waals surface area contributed by atoms with Crippen LogP contribution in [0.4, 0.5) is 18.9 Å². The molecule has 0 aliphatic carbocycles. The number of amides is 1. The van der Waals surface area contributed by atoms with Gasteiger partial charge in [-0.05, 0) is 43.3 Å². The standard InChI is InChI=1S/C20H17F3N2O3/c1-3-25-11-16(18(26)15-10-14(28-2)7-8-17(15)25)19(27)24-13-6-4-5-12(9-13)20(21,22)23/h4-11H,3H2,1-2H3,(H,24,27). The molecule has 0 saturated carbocycles. The van der Waals surface area contributed by atoms with Crippen LogP contribution in [0.2, 0.25) is 0 Å². The number of hydrogen-bond acceptors (Lipinski definition) is 3. The molecule has 3 aromatic rings. The minimum Gasteiger partial charge on any atom is -0.497 e. The molecule has 0 unspecified atom stereocenters. The summed E-state index contributed by atoms with van der Waals surface area (Å²) in [6.07, 6.45) is -3.13. The summed E-state index contributed by atoms with van der Waals surface area (Å²) < 4.78 is 45.4. The van der Waals surface area contributed by atoms with Crippen molar-refractivity contribution in [3.8, 4) is 5.75 Å². The molecule has 146 valence electrons. The zero-order valence-corrected chi connectivity index (χ0v) is 15.1. The molecular weight excluding hydrogens is 373 g/mol. The second-order valence-electron chi connectivity index (χ2n) is 6.07. The van der Waals surface area contributed by atoms with Gasteiger partial charge in [0.25, 0.3) is 5.91 Å². The topological polar surface area (TPSA) is 60.3 Å². The number of carbonyl (C=O) groups is 1. The van der Waals surface area contributed by atoms with Crippen LogP contribution < -0.4 is 15.5 Å². The summed E-state index contributed by atoms with van der Waals surface area (Å²) in [6, 6.07) is 9.20. The number of pyridine rings is 1. The molecule has 0 aliphatic heterocycles. The molecule has 28 heavy (non-hydrogen) atoms. The van der Waals surface area contributed by atoms with Gasteiger partial charge in [0.2, 0.25) is 5.43 Å². The van der Waals surface area contributed by atoms with E-state index in [-0.39, 0.29) is 16.6 Å². The number of methoxy groups -OCH3 is 1. The van der Waals surface area contributed by atoms with Crippen LogP contribution in [0.25, 0.3) is 10.9 Å². The van der Waals surface area contributed by atoms with E-state index in [2.05, 4.69) is 5.32 Å². The molecule has 0 atom stereocenters. The van der Waals surface area contributed by atoms with Crippen LogP contribution in [-0.4, -0.2) is 17.6 Å². The molecular formula is C20H17F3N2O3. The summed E-state index contributed by atoms with van der Waals surface area (Å²) in [7, 11) is 1.46. The van der Waals surface area contributed by atoms with Crippen LogP contribution in [-0.2, 0) is 12.7 Å². The SMILES string of the molecule is CCn1cc(C(=O)Nc2cccc(C(F)(F)F)c2)c(=O)c2cc(OC)ccc21. The van der Waals surface area contributed by atoms with Gasteiger partial charge in [-0.25, -0.2) is 0 Å². The number of fused-ring (bicyclic) bond motifs is 1. The predicted molar refractivity (Wildman–Crippen MR) is 99.8 cm³/mol. The Morgan fingerprint density at radius 2 is 1.93 bits per heavy atom. The highest BCUT2D eigenvalue weighted by Gasteiger charge is 2.30. The van der Waals surface area contributed by atoms with Gasteiger partial charge < -0.3 is 14.6 Å². The number of carbonyl (C=O) groups excluding carboxylic acids is 1. The quantitative estimate of drug-likeness (QED) is 0.723. The Morgan fingerprint density at radius 3 is 2.57 bits per heavy atom. The summed E-state index contributed by atoms with van der Waals surface area (Å²) in [4.78, 5) is 25.4. The highest BCUT2D eigenvalue weighted by molar-refractivity contribution is 6.05. The van der Waals surface area contributed by atoms with Crippen LogP contribution in [0.3, 0.4) is 0 Å². The highest BCUT2D eigenvalue weighted by atomic mass is 19.4. The van der Waals surface area contributed by atoms with Crippen molar-refractivity contribution in [3.05, 3.63) is 70.0 Å². The van der Waals surface area contributed by atoms with Crippen molar-refractivity contribution in [2.24, 2.45) is 0 Å². The van der Waals surface area contributed by atoms with Gasteiger partial charge in [-0.2, -0.15) is 13.2 Å². The van der Waals surface area contributed by atoms with Crippen LogP contribution in [0.5, 0.6) is 5.75 Å². The Labute approximate surface area is 158 Å². The Hall–Kier alpha value is -3.29. The molecule has 2 aromatic carbocycles. The van der Waals surface area contributed by atoms with Crippen LogP contribution >= 0.6 is 0 Å². The zero-order chi connectivity index (χ0) is 20.5. The van der Waals surface area contributed by atoms with E-state index in [0.29, 0.717) is 17.8 Å². The Kier molecular flexibility index (Phi) is 5.13. The van der Waals surface area contributed by atoms with Gasteiger partial charge in [0.15, 0.2) is 0 Å². The average Bonchev–Trinajstić information content (AvgIpc) is 2.67. The van der Waals surface area contributed by atoms with E-state index in [0.717, 1.165) is 12.1 Å². The Bertz CT molecular complexity index is 1100. The zero-order valence-electron chi connectivity index (χ0n) is 15.1. The number of rotatable bonds is 4. The first-order valence-corrected chi connectivity index (χ1v) is 8.44. The second-order valence-corrected chi connectivity index (χ2v) is 6.07. The van der Waals surface area contributed by atoms with E-state index < -0.39 is 23.1 Å². The molecule has 0 fully saturated rings. The number of hydrogen-bond donors (Lipinski definition) is 1. The fourth-order valence-corrected chi connectivity index (χ4v) is 2.90. The van der Waals surface area contributed by atoms with Crippen molar-refractivity contribution in [3.63, 3.8) is 0 Å². The number of aryl methyl sites for hydroxylation is 1. The summed E-state index contributed by atoms with van der Waals surface area (Å²) in [5.74, 6) is -0.320. The second kappa shape index (κ2) is 7.38. The van der Waals surface area contributed by atoms with Crippen LogP contribution in [0, 0.1) is 0 Å². The van der Waals surface area contributed by atoms with Crippen molar-refractivity contribution < 1.29 is 22.7 Å². The number of aromatic nitrogens is 1. The van der Waals surface area contributed by atoms with Gasteiger partial charge in [0, 0.05) is 18.4 Å². The monoisotopic (exact) mass is 390 g/mol. The van der Waals surface area contributed by atoms with E-state index in [1.54, 1.807) is 16.7 Å². The molecule has 1 aromatic heterocycles. The highest BCUT2D eigenvalue weighted by Crippen LogP contribution is 2.30. The molecule has 0 aliphatic rings. The van der Waals surface area contributed by atoms with E-state index >= 15 is 0 Å². The van der Waals surface area contributed by atoms with E-state index in [9.17, 15) is 22.8 Å². The van der Waals surface area contributed by atoms with Crippen molar-refractivity contribution in [2.45, 2.75) is 19.6 Å². The number of nitrogens with zero attached hydrogens (tertiary/aromatic N) is 1. The Balaban J connectivity index is 2.05. The predicted octanol–water partition coefficient (Wildman–Crippen LogP) is 4.30. The van der Waals surface area contributed by atoms with Crippen molar-refractivity contribution >= 4 is 22.5 Å². The lowest BCUT2D eigenvalue weighted by atomic mass is 10.1. The normalized spacial score (nSPS) is 11.5. The van der Waals surface area contributed by atoms with Gasteiger partial charge in [0.05, 0.1) is 23.6 Å². The number of nitrogens with one attached hydrogen (secondary N) is 1. The maximum absolute atomic E-state index is 12.9. The largest absolute Gasteiger partial charge is 0.497 e. The lowest BCUT2D eigenvalue weighted by Gasteiger charge is -2.13. The van der Waals surface area contributed by atoms with Crippen molar-refractivity contribution in [1.82, 2.24) is 4.57 Å². The van der Waals surface area contributed by atoms with Crippen LogP contribution in [0.1, 0.15) is 22.8 Å². The molecule has 0 saturated heterocycles. The van der Waals surface area contributed by atoms with Crippen molar-refractivity contribution in [2.75, 3.05) is 12.4 Å². The first-order valence-electron chi connectivity index (χ1n) is 8.44. The van der Waals surface area contributed by atoms with E-state index in [1.165, 1.54) is 31.5 Å². The molecule has 0 bridgehead atoms. The molecule has 0 spiro atoms.